The number of carbonyl (C=O) groups is 1. The van der Waals surface area contributed by atoms with Gasteiger partial charge in [-0.1, -0.05) is 0 Å². The van der Waals surface area contributed by atoms with Crippen LogP contribution in [0.3, 0.4) is 0 Å². The number of aryl methyl sites for hydroxylation is 1. The van der Waals surface area contributed by atoms with E-state index in [0.717, 1.165) is 27.2 Å². The van der Waals surface area contributed by atoms with Crippen molar-refractivity contribution in [1.29, 1.82) is 0 Å². The summed E-state index contributed by atoms with van der Waals surface area (Å²) in [6.07, 6.45) is 0. The monoisotopic (exact) mass is 426 g/mol. The summed E-state index contributed by atoms with van der Waals surface area (Å²) in [6, 6.07) is 13.2. The maximum absolute atomic E-state index is 12.7. The molecule has 0 aliphatic heterocycles. The zero-order valence-corrected chi connectivity index (χ0v) is 18.5. The summed E-state index contributed by atoms with van der Waals surface area (Å²) in [4.78, 5) is 18.2. The first-order chi connectivity index (χ1) is 14.5. The number of nitrogens with one attached hydrogen (secondary N) is 1. The van der Waals surface area contributed by atoms with Crippen molar-refractivity contribution < 1.29 is 19.0 Å². The second-order valence-electron chi connectivity index (χ2n) is 6.51. The van der Waals surface area contributed by atoms with E-state index in [-0.39, 0.29) is 11.7 Å². The Morgan fingerprint density at radius 3 is 2.53 bits per heavy atom. The molecule has 158 valence electrons. The Hall–Kier alpha value is -2.93. The van der Waals surface area contributed by atoms with Crippen LogP contribution in [0.2, 0.25) is 0 Å². The molecular weight excluding hydrogens is 400 g/mol. The van der Waals surface area contributed by atoms with Crippen LogP contribution in [0.1, 0.15) is 19.5 Å². The molecule has 1 heterocycles. The summed E-state index contributed by atoms with van der Waals surface area (Å²) in [5.41, 5.74) is 2.38. The molecule has 0 aliphatic rings. The minimum Gasteiger partial charge on any atom is -0.497 e. The minimum absolute atomic E-state index is 0.125. The van der Waals surface area contributed by atoms with Crippen molar-refractivity contribution in [2.45, 2.75) is 25.7 Å². The van der Waals surface area contributed by atoms with Crippen LogP contribution in [0.4, 0.5) is 5.69 Å². The first-order valence-corrected chi connectivity index (χ1v) is 10.8. The Balaban J connectivity index is 1.77. The number of anilines is 1. The fourth-order valence-electron chi connectivity index (χ4n) is 3.02. The van der Waals surface area contributed by atoms with Gasteiger partial charge in [0.1, 0.15) is 17.2 Å². The van der Waals surface area contributed by atoms with Gasteiger partial charge in [-0.15, -0.1) is 11.8 Å². The van der Waals surface area contributed by atoms with E-state index < -0.39 is 0 Å². The maximum Gasteiger partial charge on any atom is 0.234 e. The van der Waals surface area contributed by atoms with Crippen molar-refractivity contribution >= 4 is 34.3 Å². The number of hydrogen-bond donors (Lipinski definition) is 1. The summed E-state index contributed by atoms with van der Waals surface area (Å²) in [5.74, 6) is 2.19. The van der Waals surface area contributed by atoms with Crippen molar-refractivity contribution in [2.24, 2.45) is 0 Å². The normalized spacial score (nSPS) is 10.7. The summed E-state index contributed by atoms with van der Waals surface area (Å²) in [5, 5.41) is 3.91. The van der Waals surface area contributed by atoms with Gasteiger partial charge in [-0.25, -0.2) is 0 Å². The standard InChI is InChI=1S/C23H26N2O4S/c1-5-28-17-8-10-21(29-6-2)20(13-17)25-23(26)14-30-22-11-15(3)24-19-9-7-16(27-4)12-18(19)22/h7-13H,5-6,14H2,1-4H3,(H,25,26). The first kappa shape index (κ1) is 21.8. The molecule has 3 rings (SSSR count). The largest absolute Gasteiger partial charge is 0.497 e. The highest BCUT2D eigenvalue weighted by Gasteiger charge is 2.12. The van der Waals surface area contributed by atoms with Crippen LogP contribution >= 0.6 is 11.8 Å². The zero-order chi connectivity index (χ0) is 21.5. The molecule has 0 unspecified atom stereocenters. The summed E-state index contributed by atoms with van der Waals surface area (Å²) in [6.45, 7) is 6.83. The van der Waals surface area contributed by atoms with Crippen molar-refractivity contribution in [3.8, 4) is 17.2 Å². The smallest absolute Gasteiger partial charge is 0.234 e. The van der Waals surface area contributed by atoms with E-state index in [2.05, 4.69) is 10.3 Å². The van der Waals surface area contributed by atoms with E-state index in [1.54, 1.807) is 13.2 Å². The van der Waals surface area contributed by atoms with Crippen molar-refractivity contribution in [3.05, 3.63) is 48.2 Å². The van der Waals surface area contributed by atoms with Crippen LogP contribution in [0.5, 0.6) is 17.2 Å². The Kier molecular flexibility index (Phi) is 7.41. The van der Waals surface area contributed by atoms with Crippen molar-refractivity contribution in [2.75, 3.05) is 31.4 Å². The van der Waals surface area contributed by atoms with E-state index in [1.165, 1.54) is 11.8 Å². The lowest BCUT2D eigenvalue weighted by Gasteiger charge is -2.14. The number of hydrogen-bond acceptors (Lipinski definition) is 6. The number of ether oxygens (including phenoxy) is 3. The topological polar surface area (TPSA) is 69.7 Å². The Morgan fingerprint density at radius 2 is 1.80 bits per heavy atom. The van der Waals surface area contributed by atoms with E-state index in [1.807, 2.05) is 57.2 Å². The third-order valence-corrected chi connectivity index (χ3v) is 5.36. The zero-order valence-electron chi connectivity index (χ0n) is 17.7. The molecule has 1 aromatic heterocycles. The van der Waals surface area contributed by atoms with E-state index in [4.69, 9.17) is 14.2 Å². The van der Waals surface area contributed by atoms with Gasteiger partial charge in [-0.2, -0.15) is 0 Å². The summed E-state index contributed by atoms with van der Waals surface area (Å²) in [7, 11) is 1.63. The van der Waals surface area contributed by atoms with Crippen LogP contribution in [0, 0.1) is 6.92 Å². The van der Waals surface area contributed by atoms with E-state index in [0.29, 0.717) is 30.4 Å². The third kappa shape index (κ3) is 5.36. The van der Waals surface area contributed by atoms with Gasteiger partial charge >= 0.3 is 0 Å². The quantitative estimate of drug-likeness (QED) is 0.481. The molecule has 6 nitrogen and oxygen atoms in total. The molecule has 1 N–H and O–H groups in total. The number of rotatable bonds is 9. The second-order valence-corrected chi connectivity index (χ2v) is 7.52. The van der Waals surface area contributed by atoms with Gasteiger partial charge in [0.05, 0.1) is 37.3 Å². The molecule has 0 aliphatic carbocycles. The van der Waals surface area contributed by atoms with Gasteiger partial charge in [0.2, 0.25) is 5.91 Å². The summed E-state index contributed by atoms with van der Waals surface area (Å²) < 4.78 is 16.5. The average Bonchev–Trinajstić information content (AvgIpc) is 2.73. The van der Waals surface area contributed by atoms with Gasteiger partial charge in [-0.3, -0.25) is 9.78 Å². The van der Waals surface area contributed by atoms with Crippen LogP contribution in [-0.2, 0) is 4.79 Å². The highest BCUT2D eigenvalue weighted by atomic mass is 32.2. The number of thioether (sulfide) groups is 1. The molecule has 0 radical (unpaired) electrons. The fourth-order valence-corrected chi connectivity index (χ4v) is 3.95. The maximum atomic E-state index is 12.7. The lowest BCUT2D eigenvalue weighted by atomic mass is 10.2. The molecule has 3 aromatic rings. The summed E-state index contributed by atoms with van der Waals surface area (Å²) >= 11 is 1.46. The molecule has 1 amide bonds. The number of carbonyl (C=O) groups excluding carboxylic acids is 1. The Labute approximate surface area is 180 Å². The highest BCUT2D eigenvalue weighted by Crippen LogP contribution is 2.32. The predicted octanol–water partition coefficient (Wildman–Crippen LogP) is 5.08. The van der Waals surface area contributed by atoms with Crippen LogP contribution < -0.4 is 19.5 Å². The van der Waals surface area contributed by atoms with E-state index in [9.17, 15) is 4.79 Å². The molecule has 30 heavy (non-hydrogen) atoms. The molecule has 0 atom stereocenters. The number of pyridine rings is 1. The fraction of sp³-hybridized carbons (Fsp3) is 0.304. The lowest BCUT2D eigenvalue weighted by Crippen LogP contribution is -2.15. The number of benzene rings is 2. The molecular formula is C23H26N2O4S. The van der Waals surface area contributed by atoms with Crippen molar-refractivity contribution in [1.82, 2.24) is 4.98 Å². The highest BCUT2D eigenvalue weighted by molar-refractivity contribution is 8.00. The number of methoxy groups -OCH3 is 1. The Morgan fingerprint density at radius 1 is 1.03 bits per heavy atom. The number of fused-ring (bicyclic) bond motifs is 1. The Bertz CT molecular complexity index is 1040. The molecule has 0 bridgehead atoms. The average molecular weight is 427 g/mol. The van der Waals surface area contributed by atoms with Crippen LogP contribution in [0.15, 0.2) is 47.4 Å². The molecule has 0 saturated heterocycles. The minimum atomic E-state index is -0.125. The van der Waals surface area contributed by atoms with Crippen molar-refractivity contribution in [3.63, 3.8) is 0 Å². The van der Waals surface area contributed by atoms with Crippen LogP contribution in [0.25, 0.3) is 10.9 Å². The third-order valence-electron chi connectivity index (χ3n) is 4.30. The molecule has 0 fully saturated rings. The van der Waals surface area contributed by atoms with E-state index >= 15 is 0 Å². The van der Waals surface area contributed by atoms with Gasteiger partial charge in [0, 0.05) is 22.0 Å². The molecule has 7 heteroatoms. The van der Waals surface area contributed by atoms with Gasteiger partial charge in [0.15, 0.2) is 0 Å². The lowest BCUT2D eigenvalue weighted by molar-refractivity contribution is -0.113. The molecule has 0 saturated carbocycles. The molecule has 2 aromatic carbocycles. The number of amides is 1. The van der Waals surface area contributed by atoms with Gasteiger partial charge in [-0.05, 0) is 57.2 Å². The number of aromatic nitrogens is 1. The van der Waals surface area contributed by atoms with Gasteiger partial charge < -0.3 is 19.5 Å². The SMILES string of the molecule is CCOc1ccc(OCC)c(NC(=O)CSc2cc(C)nc3ccc(OC)cc23)c1. The first-order valence-electron chi connectivity index (χ1n) is 9.81. The predicted molar refractivity (Wildman–Crippen MR) is 121 cm³/mol. The number of nitrogens with zero attached hydrogens (tertiary/aromatic N) is 1. The van der Waals surface area contributed by atoms with Crippen LogP contribution in [-0.4, -0.2) is 37.0 Å². The molecule has 0 spiro atoms. The van der Waals surface area contributed by atoms with Gasteiger partial charge in [0.25, 0.3) is 0 Å². The second kappa shape index (κ2) is 10.2.